The molecule has 0 saturated carbocycles. The summed E-state index contributed by atoms with van der Waals surface area (Å²) in [7, 11) is -3.30. The zero-order valence-electron chi connectivity index (χ0n) is 7.49. The summed E-state index contributed by atoms with van der Waals surface area (Å²) in [6, 6.07) is -0.0914. The Hall–Kier alpha value is 0.160. The van der Waals surface area contributed by atoms with Gasteiger partial charge in [0.2, 0.25) is 10.0 Å². The highest BCUT2D eigenvalue weighted by atomic mass is 35.5. The van der Waals surface area contributed by atoms with Crippen LogP contribution in [0, 0.1) is 5.92 Å². The van der Waals surface area contributed by atoms with Crippen molar-refractivity contribution >= 4 is 21.6 Å². The first kappa shape index (κ1) is 11.2. The highest BCUT2D eigenvalue weighted by Gasteiger charge is 2.25. The smallest absolute Gasteiger partial charge is 0.225 e. The molecule has 1 rings (SSSR count). The summed E-state index contributed by atoms with van der Waals surface area (Å²) in [5.74, 6) is 0.276. The van der Waals surface area contributed by atoms with Crippen LogP contribution in [-0.4, -0.2) is 32.9 Å². The Balaban J connectivity index is 2.44. The molecule has 6 heteroatoms. The average molecular weight is 228 g/mol. The van der Waals surface area contributed by atoms with Crippen molar-refractivity contribution in [1.29, 1.82) is 0 Å². The largest absolute Gasteiger partial charge is 0.381 e. The van der Waals surface area contributed by atoms with Crippen LogP contribution in [0.2, 0.25) is 0 Å². The molecule has 1 aliphatic rings. The molecule has 0 aliphatic carbocycles. The number of hydrogen-bond acceptors (Lipinski definition) is 3. The lowest BCUT2D eigenvalue weighted by atomic mass is 10.0. The summed E-state index contributed by atoms with van der Waals surface area (Å²) in [6.45, 7) is 3.19. The molecule has 2 atom stereocenters. The maximum atomic E-state index is 11.1. The second-order valence-electron chi connectivity index (χ2n) is 3.25. The molecule has 0 amide bonds. The van der Waals surface area contributed by atoms with Crippen molar-refractivity contribution in [3.05, 3.63) is 0 Å². The minimum atomic E-state index is -3.30. The lowest BCUT2D eigenvalue weighted by Gasteiger charge is -2.17. The molecule has 78 valence electrons. The van der Waals surface area contributed by atoms with Crippen LogP contribution in [0.25, 0.3) is 0 Å². The maximum Gasteiger partial charge on any atom is 0.225 e. The summed E-state index contributed by atoms with van der Waals surface area (Å²) < 4.78 is 29.8. The Bertz CT molecular complexity index is 248. The maximum absolute atomic E-state index is 11.1. The molecule has 1 fully saturated rings. The van der Waals surface area contributed by atoms with Crippen LogP contribution in [0.3, 0.4) is 0 Å². The number of alkyl halides is 1. The van der Waals surface area contributed by atoms with E-state index in [0.717, 1.165) is 13.0 Å². The standard InChI is InChI=1S/C7H14ClNO3S/c1-6(7-2-3-12-4-7)9-13(10,11)5-8/h6-7,9H,2-5H2,1H3. The van der Waals surface area contributed by atoms with E-state index >= 15 is 0 Å². The van der Waals surface area contributed by atoms with Crippen molar-refractivity contribution in [2.45, 2.75) is 19.4 Å². The first-order valence-corrected chi connectivity index (χ1v) is 6.37. The van der Waals surface area contributed by atoms with E-state index in [1.165, 1.54) is 0 Å². The second kappa shape index (κ2) is 4.59. The van der Waals surface area contributed by atoms with Crippen molar-refractivity contribution in [2.75, 3.05) is 18.4 Å². The molecule has 1 N–H and O–H groups in total. The lowest BCUT2D eigenvalue weighted by Crippen LogP contribution is -2.38. The molecule has 1 saturated heterocycles. The molecular weight excluding hydrogens is 214 g/mol. The van der Waals surface area contributed by atoms with E-state index in [9.17, 15) is 8.42 Å². The van der Waals surface area contributed by atoms with Crippen LogP contribution in [0.5, 0.6) is 0 Å². The average Bonchev–Trinajstić information content (AvgIpc) is 2.55. The second-order valence-corrected chi connectivity index (χ2v) is 5.59. The quantitative estimate of drug-likeness (QED) is 0.713. The fraction of sp³-hybridized carbons (Fsp3) is 1.00. The minimum Gasteiger partial charge on any atom is -0.381 e. The Labute approximate surface area is 83.7 Å². The molecular formula is C7H14ClNO3S. The molecule has 1 aliphatic heterocycles. The van der Waals surface area contributed by atoms with Crippen molar-refractivity contribution in [2.24, 2.45) is 5.92 Å². The Morgan fingerprint density at radius 2 is 2.38 bits per heavy atom. The Kier molecular flexibility index (Phi) is 3.97. The number of sulfonamides is 1. The molecule has 0 aromatic heterocycles. The van der Waals surface area contributed by atoms with Gasteiger partial charge in [0.05, 0.1) is 6.61 Å². The molecule has 1 heterocycles. The van der Waals surface area contributed by atoms with Crippen LogP contribution in [0.4, 0.5) is 0 Å². The summed E-state index contributed by atoms with van der Waals surface area (Å²) in [5.41, 5.74) is 0. The van der Waals surface area contributed by atoms with Gasteiger partial charge >= 0.3 is 0 Å². The first-order chi connectivity index (χ1) is 6.05. The van der Waals surface area contributed by atoms with Gasteiger partial charge < -0.3 is 4.74 Å². The molecule has 4 nitrogen and oxygen atoms in total. The number of ether oxygens (including phenoxy) is 1. The third kappa shape index (κ3) is 3.42. The van der Waals surface area contributed by atoms with E-state index in [1.807, 2.05) is 6.92 Å². The molecule has 0 aromatic carbocycles. The van der Waals surface area contributed by atoms with Gasteiger partial charge in [-0.1, -0.05) is 0 Å². The number of hydrogen-bond donors (Lipinski definition) is 1. The van der Waals surface area contributed by atoms with Gasteiger partial charge in [-0.2, -0.15) is 0 Å². The molecule has 0 radical (unpaired) electrons. The van der Waals surface area contributed by atoms with Crippen LogP contribution >= 0.6 is 11.6 Å². The van der Waals surface area contributed by atoms with Crippen LogP contribution < -0.4 is 4.72 Å². The molecule has 0 bridgehead atoms. The normalized spacial score (nSPS) is 26.2. The van der Waals surface area contributed by atoms with Gasteiger partial charge in [0.1, 0.15) is 5.21 Å². The number of nitrogens with one attached hydrogen (secondary N) is 1. The highest BCUT2D eigenvalue weighted by Crippen LogP contribution is 2.16. The molecule has 13 heavy (non-hydrogen) atoms. The van der Waals surface area contributed by atoms with E-state index < -0.39 is 10.0 Å². The summed E-state index contributed by atoms with van der Waals surface area (Å²) in [6.07, 6.45) is 0.909. The first-order valence-electron chi connectivity index (χ1n) is 4.19. The summed E-state index contributed by atoms with van der Waals surface area (Å²) in [5, 5.41) is -0.384. The van der Waals surface area contributed by atoms with Gasteiger partial charge in [-0.05, 0) is 13.3 Å². The van der Waals surface area contributed by atoms with E-state index in [-0.39, 0.29) is 17.2 Å². The number of rotatable bonds is 4. The van der Waals surface area contributed by atoms with E-state index in [4.69, 9.17) is 16.3 Å². The van der Waals surface area contributed by atoms with Gasteiger partial charge in [-0.25, -0.2) is 13.1 Å². The van der Waals surface area contributed by atoms with Gasteiger partial charge in [-0.15, -0.1) is 11.6 Å². The summed E-state index contributed by atoms with van der Waals surface area (Å²) >= 11 is 5.26. The van der Waals surface area contributed by atoms with Crippen molar-refractivity contribution in [1.82, 2.24) is 4.72 Å². The minimum absolute atomic E-state index is 0.0914. The van der Waals surface area contributed by atoms with Gasteiger partial charge in [0.25, 0.3) is 0 Å². The van der Waals surface area contributed by atoms with Crippen LogP contribution in [0.15, 0.2) is 0 Å². The third-order valence-electron chi connectivity index (χ3n) is 2.18. The molecule has 2 unspecified atom stereocenters. The van der Waals surface area contributed by atoms with Gasteiger partial charge in [0, 0.05) is 18.6 Å². The van der Waals surface area contributed by atoms with Crippen LogP contribution in [0.1, 0.15) is 13.3 Å². The predicted molar refractivity (Wildman–Crippen MR) is 51.2 cm³/mol. The monoisotopic (exact) mass is 227 g/mol. The predicted octanol–water partition coefficient (Wildman–Crippen LogP) is 0.527. The van der Waals surface area contributed by atoms with Crippen molar-refractivity contribution < 1.29 is 13.2 Å². The summed E-state index contributed by atoms with van der Waals surface area (Å²) in [4.78, 5) is 0. The zero-order valence-corrected chi connectivity index (χ0v) is 9.07. The molecule has 0 aromatic rings. The topological polar surface area (TPSA) is 55.4 Å². The van der Waals surface area contributed by atoms with E-state index in [1.54, 1.807) is 0 Å². The third-order valence-corrected chi connectivity index (χ3v) is 4.06. The SMILES string of the molecule is CC(NS(=O)(=O)CCl)C1CCOC1. The van der Waals surface area contributed by atoms with Crippen molar-refractivity contribution in [3.63, 3.8) is 0 Å². The Morgan fingerprint density at radius 1 is 1.69 bits per heavy atom. The number of halogens is 1. The van der Waals surface area contributed by atoms with Gasteiger partial charge in [-0.3, -0.25) is 0 Å². The fourth-order valence-corrected chi connectivity index (χ4v) is 2.37. The van der Waals surface area contributed by atoms with E-state index in [2.05, 4.69) is 4.72 Å². The lowest BCUT2D eigenvalue weighted by molar-refractivity contribution is 0.180. The van der Waals surface area contributed by atoms with E-state index in [0.29, 0.717) is 6.61 Å². The van der Waals surface area contributed by atoms with Gasteiger partial charge in [0.15, 0.2) is 0 Å². The zero-order chi connectivity index (χ0) is 9.90. The highest BCUT2D eigenvalue weighted by molar-refractivity contribution is 7.90. The molecule has 0 spiro atoms. The van der Waals surface area contributed by atoms with Crippen molar-refractivity contribution in [3.8, 4) is 0 Å². The fourth-order valence-electron chi connectivity index (χ4n) is 1.36. The Morgan fingerprint density at radius 3 is 2.85 bits per heavy atom. The van der Waals surface area contributed by atoms with Crippen LogP contribution in [-0.2, 0) is 14.8 Å².